The van der Waals surface area contributed by atoms with Gasteiger partial charge in [-0.1, -0.05) is 12.1 Å². The third kappa shape index (κ3) is 1.89. The summed E-state index contributed by atoms with van der Waals surface area (Å²) < 4.78 is 0. The Hall–Kier alpha value is -1.29. The molecule has 4 heteroatoms. The lowest BCUT2D eigenvalue weighted by Crippen LogP contribution is -2.06. The van der Waals surface area contributed by atoms with Gasteiger partial charge in [-0.3, -0.25) is 4.79 Å². The molecule has 0 atom stereocenters. The van der Waals surface area contributed by atoms with Crippen molar-refractivity contribution in [1.29, 1.82) is 0 Å². The maximum absolute atomic E-state index is 11.0. The molecule has 0 amide bonds. The third-order valence-electron chi connectivity index (χ3n) is 1.72. The van der Waals surface area contributed by atoms with Crippen LogP contribution < -0.4 is 0 Å². The van der Waals surface area contributed by atoms with Crippen molar-refractivity contribution in [2.75, 3.05) is 0 Å². The Labute approximate surface area is 80.8 Å². The van der Waals surface area contributed by atoms with Crippen molar-refractivity contribution in [1.82, 2.24) is 0 Å². The van der Waals surface area contributed by atoms with Gasteiger partial charge in [-0.15, -0.1) is 12.6 Å². The minimum absolute atomic E-state index is 0.000000000000000222. The van der Waals surface area contributed by atoms with Gasteiger partial charge in [0.05, 0.1) is 5.56 Å². The summed E-state index contributed by atoms with van der Waals surface area (Å²) in [5, 5.41) is 8.23. The van der Waals surface area contributed by atoms with Crippen molar-refractivity contribution < 1.29 is 14.7 Å². The summed E-state index contributed by atoms with van der Waals surface area (Å²) >= 11 is 3.62. The molecule has 0 fully saturated rings. The summed E-state index contributed by atoms with van der Waals surface area (Å²) in [5.41, 5.74) is 0.790. The second-order valence-corrected chi connectivity index (χ2v) is 3.01. The van der Waals surface area contributed by atoms with Gasteiger partial charge >= 0.3 is 5.97 Å². The summed E-state index contributed by atoms with van der Waals surface area (Å²) in [5.74, 6) is -1.11. The molecular weight excluding hydrogens is 188 g/mol. The second-order valence-electron chi connectivity index (χ2n) is 2.61. The Morgan fingerprint density at radius 1 is 1.38 bits per heavy atom. The maximum Gasteiger partial charge on any atom is 0.336 e. The third-order valence-corrected chi connectivity index (χ3v) is 1.94. The summed E-state index contributed by atoms with van der Waals surface area (Å²) in [6.07, 6.45) is 0. The monoisotopic (exact) mass is 196 g/mol. The van der Waals surface area contributed by atoms with Crippen LogP contribution in [0.5, 0.6) is 0 Å². The molecule has 0 heterocycles. The first-order valence-electron chi connectivity index (χ1n) is 3.60. The second kappa shape index (κ2) is 3.62. The van der Waals surface area contributed by atoms with Crippen LogP contribution in [-0.2, 0) is 0 Å². The number of aryl methyl sites for hydroxylation is 1. The lowest BCUT2D eigenvalue weighted by molar-refractivity contribution is 0.0693. The van der Waals surface area contributed by atoms with E-state index in [9.17, 15) is 9.59 Å². The summed E-state index contributed by atoms with van der Waals surface area (Å²) in [7, 11) is 0. The summed E-state index contributed by atoms with van der Waals surface area (Å²) in [6, 6.07) is 4.66. The van der Waals surface area contributed by atoms with Crippen LogP contribution in [0.15, 0.2) is 18.2 Å². The quantitative estimate of drug-likeness (QED) is 0.709. The van der Waals surface area contributed by atoms with Crippen molar-refractivity contribution in [2.24, 2.45) is 0 Å². The van der Waals surface area contributed by atoms with E-state index in [0.29, 0.717) is 5.56 Å². The van der Waals surface area contributed by atoms with Gasteiger partial charge in [0.15, 0.2) is 0 Å². The van der Waals surface area contributed by atoms with Gasteiger partial charge in [0, 0.05) is 5.56 Å². The van der Waals surface area contributed by atoms with Gasteiger partial charge < -0.3 is 5.11 Å². The number of rotatable bonds is 2. The number of aromatic carboxylic acids is 1. The highest BCUT2D eigenvalue weighted by atomic mass is 32.1. The van der Waals surface area contributed by atoms with E-state index in [2.05, 4.69) is 12.6 Å². The largest absolute Gasteiger partial charge is 0.478 e. The number of carboxylic acids is 1. The van der Waals surface area contributed by atoms with Gasteiger partial charge in [-0.2, -0.15) is 0 Å². The maximum atomic E-state index is 11.0. The van der Waals surface area contributed by atoms with Gasteiger partial charge in [0.2, 0.25) is 5.12 Å². The fourth-order valence-electron chi connectivity index (χ4n) is 1.13. The average molecular weight is 196 g/mol. The zero-order chi connectivity index (χ0) is 10.0. The molecule has 0 saturated carbocycles. The van der Waals surface area contributed by atoms with E-state index in [1.807, 2.05) is 0 Å². The Morgan fingerprint density at radius 3 is 2.38 bits per heavy atom. The molecule has 3 nitrogen and oxygen atoms in total. The Balaban J connectivity index is 3.43. The zero-order valence-electron chi connectivity index (χ0n) is 6.94. The number of carboxylic acid groups (broad SMARTS) is 1. The van der Waals surface area contributed by atoms with Crippen molar-refractivity contribution in [3.05, 3.63) is 34.9 Å². The van der Waals surface area contributed by atoms with E-state index in [4.69, 9.17) is 5.11 Å². The number of carbonyl (C=O) groups is 2. The molecule has 1 aromatic rings. The molecule has 0 aliphatic carbocycles. The van der Waals surface area contributed by atoms with E-state index >= 15 is 0 Å². The molecule has 0 radical (unpaired) electrons. The van der Waals surface area contributed by atoms with Crippen LogP contribution in [0, 0.1) is 6.92 Å². The summed E-state index contributed by atoms with van der Waals surface area (Å²) in [6.45, 7) is 1.68. The number of carbonyl (C=O) groups excluding carboxylic acids is 1. The topological polar surface area (TPSA) is 54.4 Å². The fourth-order valence-corrected chi connectivity index (χ4v) is 1.43. The van der Waals surface area contributed by atoms with E-state index in [-0.39, 0.29) is 11.1 Å². The van der Waals surface area contributed by atoms with Crippen molar-refractivity contribution in [3.8, 4) is 0 Å². The molecule has 0 aromatic heterocycles. The van der Waals surface area contributed by atoms with Crippen LogP contribution in [0.3, 0.4) is 0 Å². The molecule has 0 aliphatic heterocycles. The van der Waals surface area contributed by atoms with E-state index in [1.54, 1.807) is 19.1 Å². The van der Waals surface area contributed by atoms with Crippen LogP contribution >= 0.6 is 12.6 Å². The zero-order valence-corrected chi connectivity index (χ0v) is 7.84. The van der Waals surface area contributed by atoms with Gasteiger partial charge in [-0.25, -0.2) is 4.79 Å². The Bertz CT molecular complexity index is 371. The standard InChI is InChI=1S/C9H8O3S/c1-5-3-2-4-6(8(10)11)7(5)9(12)13/h2-4H,1H3,(H,10,11)(H,12,13). The minimum Gasteiger partial charge on any atom is -0.478 e. The number of thiol groups is 1. The molecule has 1 N–H and O–H groups in total. The molecule has 13 heavy (non-hydrogen) atoms. The van der Waals surface area contributed by atoms with Crippen molar-refractivity contribution in [2.45, 2.75) is 6.92 Å². The van der Waals surface area contributed by atoms with E-state index in [1.165, 1.54) is 6.07 Å². The van der Waals surface area contributed by atoms with Crippen LogP contribution in [-0.4, -0.2) is 16.2 Å². The number of hydrogen-bond donors (Lipinski definition) is 2. The first-order chi connectivity index (χ1) is 6.04. The number of hydrogen-bond acceptors (Lipinski definition) is 2. The molecule has 0 saturated heterocycles. The molecule has 0 aliphatic rings. The van der Waals surface area contributed by atoms with E-state index < -0.39 is 11.1 Å². The molecular formula is C9H8O3S. The summed E-state index contributed by atoms with van der Waals surface area (Å²) in [4.78, 5) is 21.7. The number of benzene rings is 1. The normalized spacial score (nSPS) is 9.69. The highest BCUT2D eigenvalue weighted by molar-refractivity contribution is 7.97. The SMILES string of the molecule is Cc1cccc(C(=O)O)c1C(=O)S. The molecule has 0 spiro atoms. The Kier molecular flexibility index (Phi) is 2.72. The predicted octanol–water partition coefficient (Wildman–Crippen LogP) is 1.76. The van der Waals surface area contributed by atoms with Gasteiger partial charge in [0.1, 0.15) is 0 Å². The van der Waals surface area contributed by atoms with E-state index in [0.717, 1.165) is 0 Å². The van der Waals surface area contributed by atoms with Gasteiger partial charge in [0.25, 0.3) is 0 Å². The highest BCUT2D eigenvalue weighted by Gasteiger charge is 2.15. The van der Waals surface area contributed by atoms with Crippen molar-refractivity contribution in [3.63, 3.8) is 0 Å². The Morgan fingerprint density at radius 2 is 2.00 bits per heavy atom. The average Bonchev–Trinajstić information content (AvgIpc) is 2.02. The smallest absolute Gasteiger partial charge is 0.336 e. The highest BCUT2D eigenvalue weighted by Crippen LogP contribution is 2.16. The van der Waals surface area contributed by atoms with Crippen LogP contribution in [0.4, 0.5) is 0 Å². The molecule has 1 rings (SSSR count). The first-order valence-corrected chi connectivity index (χ1v) is 4.05. The van der Waals surface area contributed by atoms with Crippen LogP contribution in [0.2, 0.25) is 0 Å². The van der Waals surface area contributed by atoms with Crippen LogP contribution in [0.25, 0.3) is 0 Å². The lowest BCUT2D eigenvalue weighted by Gasteiger charge is -2.04. The van der Waals surface area contributed by atoms with Gasteiger partial charge in [-0.05, 0) is 18.6 Å². The van der Waals surface area contributed by atoms with Crippen LogP contribution in [0.1, 0.15) is 26.3 Å². The fraction of sp³-hybridized carbons (Fsp3) is 0.111. The molecule has 0 unspecified atom stereocenters. The lowest BCUT2D eigenvalue weighted by atomic mass is 10.0. The molecule has 68 valence electrons. The molecule has 1 aromatic carbocycles. The predicted molar refractivity (Wildman–Crippen MR) is 51.5 cm³/mol. The minimum atomic E-state index is -1.11. The molecule has 0 bridgehead atoms. The van der Waals surface area contributed by atoms with Crippen molar-refractivity contribution >= 4 is 23.7 Å². The first kappa shape index (κ1) is 9.80.